The van der Waals surface area contributed by atoms with Crippen LogP contribution in [0.5, 0.6) is 0 Å². The molecule has 12 heteroatoms. The number of anilines is 2. The van der Waals surface area contributed by atoms with E-state index in [1.165, 1.54) is 17.0 Å². The number of rotatable bonds is 12. The van der Waals surface area contributed by atoms with Crippen LogP contribution >= 0.6 is 0 Å². The second-order valence-electron chi connectivity index (χ2n) is 12.4. The molecule has 2 aromatic heterocycles. The van der Waals surface area contributed by atoms with E-state index in [2.05, 4.69) is 20.9 Å². The van der Waals surface area contributed by atoms with Gasteiger partial charge < -0.3 is 14.4 Å². The summed E-state index contributed by atoms with van der Waals surface area (Å²) in [5.41, 5.74) is 5.90. The van der Waals surface area contributed by atoms with Crippen LogP contribution in [0.4, 0.5) is 27.5 Å². The number of urea groups is 1. The minimum absolute atomic E-state index is 0.0716. The van der Waals surface area contributed by atoms with Gasteiger partial charge in [-0.1, -0.05) is 42.0 Å². The monoisotopic (exact) mass is 704 g/mol. The van der Waals surface area contributed by atoms with Crippen LogP contribution in [0.2, 0.25) is 0 Å². The molecule has 0 N–H and O–H groups in total. The molecule has 1 unspecified atom stereocenters. The van der Waals surface area contributed by atoms with Gasteiger partial charge in [0.1, 0.15) is 5.69 Å². The quantitative estimate of drug-likeness (QED) is 0.121. The number of hydroxylamine groups is 1. The molecule has 7 rings (SSSR count). The molecule has 0 aliphatic carbocycles. The van der Waals surface area contributed by atoms with Crippen molar-refractivity contribution in [1.29, 1.82) is 0 Å². The first-order valence-corrected chi connectivity index (χ1v) is 17.9. The maximum Gasteiger partial charge on any atom is 0.468 e. The van der Waals surface area contributed by atoms with E-state index in [9.17, 15) is 13.2 Å². The maximum atomic E-state index is 14.7. The second kappa shape index (κ2) is 13.8. The fraction of sp³-hybridized carbons (Fsp3) is 0.205. The highest BCUT2D eigenvalue weighted by molar-refractivity contribution is 7.86. The minimum atomic E-state index is -4.52. The molecule has 2 amide bonds. The topological polar surface area (TPSA) is 111 Å². The number of benzene rings is 4. The van der Waals surface area contributed by atoms with Crippen LogP contribution in [-0.2, 0) is 23.9 Å². The van der Waals surface area contributed by atoms with Crippen LogP contribution in [-0.4, -0.2) is 72.0 Å². The normalized spacial score (nSPS) is 15.8. The first-order chi connectivity index (χ1) is 24.7. The lowest BCUT2D eigenvalue weighted by atomic mass is 10.0. The maximum absolute atomic E-state index is 14.7. The third-order valence-electron chi connectivity index (χ3n) is 9.21. The van der Waals surface area contributed by atoms with E-state index in [0.717, 1.165) is 33.3 Å². The molecule has 0 radical (unpaired) electrons. The fourth-order valence-corrected chi connectivity index (χ4v) is 7.53. The van der Waals surface area contributed by atoms with E-state index in [-0.39, 0.29) is 4.90 Å². The fourth-order valence-electron chi connectivity index (χ4n) is 6.46. The Kier molecular flexibility index (Phi) is 9.27. The van der Waals surface area contributed by atoms with Crippen molar-refractivity contribution in [3.05, 3.63) is 115 Å². The Morgan fingerprint density at radius 3 is 2.18 bits per heavy atom. The second-order valence-corrected chi connectivity index (χ2v) is 14.0. The number of aromatic nitrogens is 2. The van der Waals surface area contributed by atoms with Gasteiger partial charge in [0.15, 0.2) is 5.69 Å². The summed E-state index contributed by atoms with van der Waals surface area (Å²) in [5, 5.41) is 1.53. The molecule has 260 valence electrons. The highest BCUT2D eigenvalue weighted by Crippen LogP contribution is 2.53. The summed E-state index contributed by atoms with van der Waals surface area (Å²) in [6.45, 7) is 4.06. The van der Waals surface area contributed by atoms with Crippen molar-refractivity contribution in [2.24, 2.45) is 0 Å². The van der Waals surface area contributed by atoms with Crippen LogP contribution in [0.25, 0.3) is 32.9 Å². The van der Waals surface area contributed by atoms with E-state index >= 15 is 0 Å². The SMILES string of the molecule is COCCN(CCOC)c1ccc([N+]2(OS(=O)(=O)c3ccc(C)cc3)C(=O)N(C)c3cnc4ccc(-c5cnc6ccccc6c5)cc4c32)cc1. The Hall–Kier alpha value is -5.24. The summed E-state index contributed by atoms with van der Waals surface area (Å²) in [5.74, 6) is 0. The van der Waals surface area contributed by atoms with Crippen molar-refractivity contribution in [3.8, 4) is 11.1 Å². The number of amides is 2. The number of methoxy groups -OCH3 is 2. The molecule has 3 heterocycles. The number of ether oxygens (including phenoxy) is 2. The van der Waals surface area contributed by atoms with Gasteiger partial charge in [0.05, 0.1) is 40.7 Å². The number of aryl methyl sites for hydroxylation is 1. The van der Waals surface area contributed by atoms with Gasteiger partial charge in [-0.05, 0) is 69.9 Å². The average Bonchev–Trinajstić information content (AvgIpc) is 3.37. The summed E-state index contributed by atoms with van der Waals surface area (Å²) in [7, 11) is 0.364. The number of carbonyl (C=O) groups excluding carboxylic acids is 1. The predicted octanol–water partition coefficient (Wildman–Crippen LogP) is 7.39. The lowest BCUT2D eigenvalue weighted by molar-refractivity contribution is 0.0639. The Labute approximate surface area is 296 Å². The number of nitrogens with zero attached hydrogens (tertiary/aromatic N) is 5. The highest BCUT2D eigenvalue weighted by atomic mass is 32.2. The molecule has 1 aliphatic heterocycles. The van der Waals surface area contributed by atoms with Crippen molar-refractivity contribution in [2.45, 2.75) is 11.8 Å². The van der Waals surface area contributed by atoms with Crippen molar-refractivity contribution in [3.63, 3.8) is 0 Å². The highest BCUT2D eigenvalue weighted by Gasteiger charge is 2.60. The molecule has 1 aliphatic rings. The Balaban J connectivity index is 1.44. The van der Waals surface area contributed by atoms with Gasteiger partial charge in [-0.3, -0.25) is 14.9 Å². The minimum Gasteiger partial charge on any atom is -0.383 e. The van der Waals surface area contributed by atoms with Gasteiger partial charge in [-0.2, -0.15) is 8.42 Å². The molecule has 0 spiro atoms. The van der Waals surface area contributed by atoms with E-state index < -0.39 is 20.8 Å². The number of hydrogen-bond donors (Lipinski definition) is 0. The number of hydrogen-bond acceptors (Lipinski definition) is 9. The first-order valence-electron chi connectivity index (χ1n) is 16.5. The molecule has 0 saturated carbocycles. The van der Waals surface area contributed by atoms with E-state index in [0.29, 0.717) is 54.3 Å². The van der Waals surface area contributed by atoms with Crippen LogP contribution in [0.1, 0.15) is 5.56 Å². The summed E-state index contributed by atoms with van der Waals surface area (Å²) in [6, 6.07) is 28.5. The zero-order chi connectivity index (χ0) is 35.8. The van der Waals surface area contributed by atoms with Gasteiger partial charge in [0, 0.05) is 69.3 Å². The molecular weight excluding hydrogens is 667 g/mol. The number of fused-ring (bicyclic) bond motifs is 4. The molecule has 51 heavy (non-hydrogen) atoms. The van der Waals surface area contributed by atoms with Crippen LogP contribution in [0, 0.1) is 6.92 Å². The average molecular weight is 705 g/mol. The Bertz CT molecular complexity index is 2340. The van der Waals surface area contributed by atoms with Crippen molar-refractivity contribution in [1.82, 2.24) is 14.6 Å². The summed E-state index contributed by atoms with van der Waals surface area (Å²) in [6.07, 6.45) is 3.38. The van der Waals surface area contributed by atoms with E-state index in [4.69, 9.17) is 13.8 Å². The summed E-state index contributed by atoms with van der Waals surface area (Å²) in [4.78, 5) is 27.5. The number of quaternary nitrogens is 1. The van der Waals surface area contributed by atoms with Gasteiger partial charge in [-0.25, -0.2) is 4.79 Å². The summed E-state index contributed by atoms with van der Waals surface area (Å²) >= 11 is 0. The molecule has 4 aromatic carbocycles. The Morgan fingerprint density at radius 2 is 1.47 bits per heavy atom. The lowest BCUT2D eigenvalue weighted by Gasteiger charge is -2.28. The molecule has 1 atom stereocenters. The van der Waals surface area contributed by atoms with Crippen LogP contribution in [0.15, 0.2) is 114 Å². The van der Waals surface area contributed by atoms with Gasteiger partial charge >= 0.3 is 16.1 Å². The molecule has 6 aromatic rings. The third-order valence-corrected chi connectivity index (χ3v) is 10.5. The Morgan fingerprint density at radius 1 is 0.784 bits per heavy atom. The van der Waals surface area contributed by atoms with Crippen LogP contribution < -0.4 is 14.4 Å². The third kappa shape index (κ3) is 6.21. The molecule has 0 bridgehead atoms. The molecule has 0 fully saturated rings. The molecular formula is C39H38N5O6S+. The van der Waals surface area contributed by atoms with Gasteiger partial charge in [0.2, 0.25) is 5.69 Å². The van der Waals surface area contributed by atoms with Crippen molar-refractivity contribution in [2.75, 3.05) is 57.4 Å². The lowest BCUT2D eigenvalue weighted by Crippen LogP contribution is -2.51. The predicted molar refractivity (Wildman–Crippen MR) is 200 cm³/mol. The van der Waals surface area contributed by atoms with E-state index in [1.54, 1.807) is 57.9 Å². The van der Waals surface area contributed by atoms with E-state index in [1.807, 2.05) is 61.5 Å². The zero-order valence-corrected chi connectivity index (χ0v) is 29.6. The van der Waals surface area contributed by atoms with Crippen LogP contribution in [0.3, 0.4) is 0 Å². The largest absolute Gasteiger partial charge is 0.468 e. The first kappa shape index (κ1) is 34.2. The van der Waals surface area contributed by atoms with Gasteiger partial charge in [0.25, 0.3) is 0 Å². The number of carbonyl (C=O) groups is 1. The number of para-hydroxylation sites is 1. The van der Waals surface area contributed by atoms with Gasteiger partial charge in [-0.15, -0.1) is 0 Å². The molecule has 11 nitrogen and oxygen atoms in total. The standard InChI is InChI=1S/C39H38N5O6S/c1-27-9-16-33(17-10-27)51(46,47)50-44(32-14-12-31(13-15-32)43(19-21-48-3)20-22-49-4)38-34-24-28(30-23-29-7-5-6-8-35(29)40-25-30)11-18-36(34)41-26-37(38)42(2)39(44)45/h5-18,23-26H,19-22H2,1-4H3/q+1. The van der Waals surface area contributed by atoms with Crippen molar-refractivity contribution >= 4 is 60.7 Å². The number of pyridine rings is 2. The smallest absolute Gasteiger partial charge is 0.383 e. The molecule has 0 saturated heterocycles. The summed E-state index contributed by atoms with van der Waals surface area (Å²) < 4.78 is 44.3. The zero-order valence-electron chi connectivity index (χ0n) is 28.8. The van der Waals surface area contributed by atoms with Crippen molar-refractivity contribution < 1.29 is 27.0 Å².